The monoisotopic (exact) mass is 183 g/mol. The minimum absolute atomic E-state index is 0.198. The van der Waals surface area contributed by atoms with Crippen LogP contribution in [0.25, 0.3) is 0 Å². The summed E-state index contributed by atoms with van der Waals surface area (Å²) in [5, 5.41) is 8.92. The van der Waals surface area contributed by atoms with Crippen LogP contribution in [0.4, 0.5) is 0 Å². The maximum Gasteiger partial charge on any atom is 0.219 e. The number of amides is 1. The number of aliphatic hydroxyl groups excluding tert-OH is 1. The zero-order valence-corrected chi connectivity index (χ0v) is 8.12. The van der Waals surface area contributed by atoms with Crippen molar-refractivity contribution in [3.8, 4) is 0 Å². The molecule has 3 nitrogen and oxygen atoms in total. The predicted molar refractivity (Wildman–Crippen MR) is 49.1 cm³/mol. The fourth-order valence-electron chi connectivity index (χ4n) is 2.83. The Hall–Kier alpha value is -0.570. The van der Waals surface area contributed by atoms with Crippen LogP contribution >= 0.6 is 0 Å². The molecule has 2 fully saturated rings. The van der Waals surface area contributed by atoms with Crippen molar-refractivity contribution >= 4 is 5.91 Å². The van der Waals surface area contributed by atoms with Crippen LogP contribution in [0.2, 0.25) is 0 Å². The molecule has 3 heteroatoms. The molecule has 0 aromatic heterocycles. The van der Waals surface area contributed by atoms with Crippen LogP contribution in [0, 0.1) is 11.3 Å². The normalized spacial score (nSPS) is 38.0. The van der Waals surface area contributed by atoms with E-state index >= 15 is 0 Å². The second-order valence-corrected chi connectivity index (χ2v) is 4.65. The molecule has 0 aromatic rings. The molecule has 1 spiro atoms. The lowest BCUT2D eigenvalue weighted by molar-refractivity contribution is -0.128. The molecule has 0 unspecified atom stereocenters. The lowest BCUT2D eigenvalue weighted by Gasteiger charge is -2.44. The molecule has 0 atom stereocenters. The van der Waals surface area contributed by atoms with E-state index in [1.54, 1.807) is 6.92 Å². The van der Waals surface area contributed by atoms with Gasteiger partial charge in [-0.3, -0.25) is 4.79 Å². The molecular weight excluding hydrogens is 166 g/mol. The first-order chi connectivity index (χ1) is 6.15. The minimum atomic E-state index is 0.198. The van der Waals surface area contributed by atoms with E-state index in [1.165, 1.54) is 0 Å². The summed E-state index contributed by atoms with van der Waals surface area (Å²) < 4.78 is 0. The van der Waals surface area contributed by atoms with E-state index in [0.717, 1.165) is 32.4 Å². The third kappa shape index (κ3) is 1.46. The lowest BCUT2D eigenvalue weighted by Crippen LogP contribution is -2.41. The van der Waals surface area contributed by atoms with Gasteiger partial charge in [-0.1, -0.05) is 0 Å². The Morgan fingerprint density at radius 1 is 1.62 bits per heavy atom. The largest absolute Gasteiger partial charge is 0.396 e. The molecule has 2 rings (SSSR count). The SMILES string of the molecule is CC(=O)N1CCC2(CC(CO)C2)C1. The van der Waals surface area contributed by atoms with Crippen LogP contribution in [0.1, 0.15) is 26.2 Å². The van der Waals surface area contributed by atoms with Gasteiger partial charge in [0.25, 0.3) is 0 Å². The number of likely N-dealkylation sites (tertiary alicyclic amines) is 1. The number of carbonyl (C=O) groups is 1. The molecule has 13 heavy (non-hydrogen) atoms. The number of hydrogen-bond donors (Lipinski definition) is 1. The Balaban J connectivity index is 1.89. The molecule has 1 aliphatic carbocycles. The van der Waals surface area contributed by atoms with Crippen LogP contribution in [-0.4, -0.2) is 35.6 Å². The van der Waals surface area contributed by atoms with Crippen LogP contribution in [-0.2, 0) is 4.79 Å². The van der Waals surface area contributed by atoms with E-state index in [2.05, 4.69) is 0 Å². The Morgan fingerprint density at radius 2 is 2.31 bits per heavy atom. The minimum Gasteiger partial charge on any atom is -0.396 e. The average molecular weight is 183 g/mol. The number of aliphatic hydroxyl groups is 1. The molecule has 1 saturated carbocycles. The van der Waals surface area contributed by atoms with Crippen LogP contribution in [0.5, 0.6) is 0 Å². The standard InChI is InChI=1S/C10H17NO2/c1-8(13)11-3-2-10(7-11)4-9(5-10)6-12/h9,12H,2-7H2,1H3. The highest BCUT2D eigenvalue weighted by Gasteiger charge is 2.48. The zero-order valence-electron chi connectivity index (χ0n) is 8.12. The molecule has 0 bridgehead atoms. The van der Waals surface area contributed by atoms with Crippen molar-refractivity contribution in [3.63, 3.8) is 0 Å². The second kappa shape index (κ2) is 2.98. The number of rotatable bonds is 1. The van der Waals surface area contributed by atoms with Gasteiger partial charge in [0.05, 0.1) is 0 Å². The Morgan fingerprint density at radius 3 is 2.77 bits per heavy atom. The molecule has 0 aromatic carbocycles. The van der Waals surface area contributed by atoms with Crippen molar-refractivity contribution in [2.45, 2.75) is 26.2 Å². The summed E-state index contributed by atoms with van der Waals surface area (Å²) in [6.45, 7) is 3.81. The highest BCUT2D eigenvalue weighted by atomic mass is 16.3. The van der Waals surface area contributed by atoms with Gasteiger partial charge < -0.3 is 10.0 Å². The van der Waals surface area contributed by atoms with E-state index in [4.69, 9.17) is 5.11 Å². The maximum atomic E-state index is 11.1. The summed E-state index contributed by atoms with van der Waals surface area (Å²) in [5.74, 6) is 0.705. The summed E-state index contributed by atoms with van der Waals surface area (Å²) in [5.41, 5.74) is 0.388. The van der Waals surface area contributed by atoms with Crippen molar-refractivity contribution in [3.05, 3.63) is 0 Å². The van der Waals surface area contributed by atoms with E-state index in [-0.39, 0.29) is 5.91 Å². The van der Waals surface area contributed by atoms with Gasteiger partial charge in [0, 0.05) is 26.6 Å². The number of nitrogens with zero attached hydrogens (tertiary/aromatic N) is 1. The first-order valence-corrected chi connectivity index (χ1v) is 5.02. The first-order valence-electron chi connectivity index (χ1n) is 5.02. The first kappa shape index (κ1) is 9.00. The van der Waals surface area contributed by atoms with Crippen LogP contribution in [0.15, 0.2) is 0 Å². The average Bonchev–Trinajstić information content (AvgIpc) is 2.45. The summed E-state index contributed by atoms with van der Waals surface area (Å²) >= 11 is 0. The van der Waals surface area contributed by atoms with E-state index in [9.17, 15) is 4.79 Å². The fourth-order valence-corrected chi connectivity index (χ4v) is 2.83. The van der Waals surface area contributed by atoms with Gasteiger partial charge in [-0.25, -0.2) is 0 Å². The van der Waals surface area contributed by atoms with Crippen molar-refractivity contribution in [1.29, 1.82) is 0 Å². The molecule has 1 saturated heterocycles. The van der Waals surface area contributed by atoms with Crippen molar-refractivity contribution in [2.24, 2.45) is 11.3 Å². The number of carbonyl (C=O) groups excluding carboxylic acids is 1. The van der Waals surface area contributed by atoms with Crippen LogP contribution in [0.3, 0.4) is 0 Å². The van der Waals surface area contributed by atoms with Crippen LogP contribution < -0.4 is 0 Å². The summed E-state index contributed by atoms with van der Waals surface area (Å²) in [6, 6.07) is 0. The van der Waals surface area contributed by atoms with Gasteiger partial charge in [0.15, 0.2) is 0 Å². The third-order valence-electron chi connectivity index (χ3n) is 3.59. The number of hydrogen-bond acceptors (Lipinski definition) is 2. The molecule has 74 valence electrons. The van der Waals surface area contributed by atoms with Gasteiger partial charge in [-0.05, 0) is 30.6 Å². The Kier molecular flexibility index (Phi) is 2.06. The topological polar surface area (TPSA) is 40.5 Å². The molecule has 1 aliphatic heterocycles. The van der Waals surface area contributed by atoms with Gasteiger partial charge >= 0.3 is 0 Å². The Bertz CT molecular complexity index is 221. The summed E-state index contributed by atoms with van der Waals surface area (Å²) in [4.78, 5) is 13.0. The summed E-state index contributed by atoms with van der Waals surface area (Å²) in [6.07, 6.45) is 3.38. The fraction of sp³-hybridized carbons (Fsp3) is 0.900. The van der Waals surface area contributed by atoms with E-state index in [0.29, 0.717) is 17.9 Å². The molecule has 0 radical (unpaired) electrons. The van der Waals surface area contributed by atoms with Gasteiger partial charge in [-0.15, -0.1) is 0 Å². The summed E-state index contributed by atoms with van der Waals surface area (Å²) in [7, 11) is 0. The molecular formula is C10H17NO2. The predicted octanol–water partition coefficient (Wildman–Crippen LogP) is 0.627. The van der Waals surface area contributed by atoms with E-state index < -0.39 is 0 Å². The van der Waals surface area contributed by atoms with Crippen molar-refractivity contribution < 1.29 is 9.90 Å². The van der Waals surface area contributed by atoms with Gasteiger partial charge in [0.1, 0.15) is 0 Å². The highest BCUT2D eigenvalue weighted by Crippen LogP contribution is 2.51. The quantitative estimate of drug-likeness (QED) is 0.647. The highest BCUT2D eigenvalue weighted by molar-refractivity contribution is 5.73. The lowest BCUT2D eigenvalue weighted by atomic mass is 9.62. The second-order valence-electron chi connectivity index (χ2n) is 4.65. The smallest absolute Gasteiger partial charge is 0.219 e. The molecule has 1 heterocycles. The van der Waals surface area contributed by atoms with Gasteiger partial charge in [0.2, 0.25) is 5.91 Å². The Labute approximate surface area is 78.7 Å². The van der Waals surface area contributed by atoms with E-state index in [1.807, 2.05) is 4.90 Å². The molecule has 1 N–H and O–H groups in total. The van der Waals surface area contributed by atoms with Crippen molar-refractivity contribution in [1.82, 2.24) is 4.90 Å². The zero-order chi connectivity index (χ0) is 9.47. The van der Waals surface area contributed by atoms with Crippen molar-refractivity contribution in [2.75, 3.05) is 19.7 Å². The molecule has 1 amide bonds. The van der Waals surface area contributed by atoms with Gasteiger partial charge in [-0.2, -0.15) is 0 Å². The maximum absolute atomic E-state index is 11.1. The third-order valence-corrected chi connectivity index (χ3v) is 3.59. The molecule has 2 aliphatic rings.